The van der Waals surface area contributed by atoms with E-state index in [9.17, 15) is 9.59 Å². The third kappa shape index (κ3) is 7.02. The van der Waals surface area contributed by atoms with Crippen molar-refractivity contribution >= 4 is 11.8 Å². The summed E-state index contributed by atoms with van der Waals surface area (Å²) >= 11 is 0. The number of carbonyl (C=O) groups excluding carboxylic acids is 2. The van der Waals surface area contributed by atoms with Crippen LogP contribution in [0.5, 0.6) is 0 Å². The van der Waals surface area contributed by atoms with E-state index in [4.69, 9.17) is 0 Å². The van der Waals surface area contributed by atoms with Gasteiger partial charge in [0.25, 0.3) is 11.8 Å². The molecule has 4 nitrogen and oxygen atoms in total. The van der Waals surface area contributed by atoms with Crippen LogP contribution in [-0.2, 0) is 9.59 Å². The highest BCUT2D eigenvalue weighted by Crippen LogP contribution is 2.20. The lowest BCUT2D eigenvalue weighted by Crippen LogP contribution is -2.37. The van der Waals surface area contributed by atoms with Crippen LogP contribution in [0.15, 0.2) is 47.6 Å². The molecule has 29 heavy (non-hydrogen) atoms. The van der Waals surface area contributed by atoms with Gasteiger partial charge in [-0.25, -0.2) is 0 Å². The molecule has 3 rings (SSSR count). The third-order valence-corrected chi connectivity index (χ3v) is 6.24. The predicted molar refractivity (Wildman–Crippen MR) is 118 cm³/mol. The number of allylic oxidation sites excluding steroid dienone is 4. The van der Waals surface area contributed by atoms with E-state index in [1.807, 2.05) is 36.5 Å². The van der Waals surface area contributed by atoms with Gasteiger partial charge < -0.3 is 10.6 Å². The Morgan fingerprint density at radius 3 is 1.55 bits per heavy atom. The number of amides is 2. The van der Waals surface area contributed by atoms with E-state index >= 15 is 0 Å². The molecule has 0 aromatic carbocycles. The minimum Gasteiger partial charge on any atom is -0.349 e. The average molecular weight is 397 g/mol. The van der Waals surface area contributed by atoms with E-state index in [1.54, 1.807) is 0 Å². The molecule has 0 aromatic rings. The van der Waals surface area contributed by atoms with E-state index < -0.39 is 0 Å². The second-order valence-electron chi connectivity index (χ2n) is 8.75. The molecule has 0 saturated heterocycles. The van der Waals surface area contributed by atoms with Crippen LogP contribution in [0, 0.1) is 5.92 Å². The lowest BCUT2D eigenvalue weighted by atomic mass is 9.95. The number of nitrogens with one attached hydrogen (secondary N) is 2. The van der Waals surface area contributed by atoms with Crippen molar-refractivity contribution < 1.29 is 9.59 Å². The van der Waals surface area contributed by atoms with Gasteiger partial charge in [-0.3, -0.25) is 9.59 Å². The molecular weight excluding hydrogens is 360 g/mol. The van der Waals surface area contributed by atoms with Crippen LogP contribution < -0.4 is 10.6 Å². The zero-order valence-corrected chi connectivity index (χ0v) is 17.8. The first-order valence-electron chi connectivity index (χ1n) is 11.5. The molecule has 2 amide bonds. The Bertz CT molecular complexity index is 632. The van der Waals surface area contributed by atoms with E-state index in [2.05, 4.69) is 17.6 Å². The molecule has 0 aliphatic heterocycles. The maximum Gasteiger partial charge on any atom is 0.251 e. The molecular formula is C25H36N2O2. The Hall–Kier alpha value is -2.10. The molecule has 3 aliphatic carbocycles. The Kier molecular flexibility index (Phi) is 8.33. The zero-order valence-electron chi connectivity index (χ0n) is 17.8. The maximum absolute atomic E-state index is 12.8. The van der Waals surface area contributed by atoms with Gasteiger partial charge in [-0.15, -0.1) is 0 Å². The topological polar surface area (TPSA) is 58.2 Å². The minimum absolute atomic E-state index is 0.00603. The molecule has 0 bridgehead atoms. The van der Waals surface area contributed by atoms with Crippen molar-refractivity contribution in [3.8, 4) is 0 Å². The van der Waals surface area contributed by atoms with E-state index in [-0.39, 0.29) is 17.7 Å². The summed E-state index contributed by atoms with van der Waals surface area (Å²) in [5.74, 6) is 0.169. The Morgan fingerprint density at radius 1 is 0.724 bits per heavy atom. The minimum atomic E-state index is 0.00603. The van der Waals surface area contributed by atoms with Crippen molar-refractivity contribution in [1.82, 2.24) is 10.6 Å². The summed E-state index contributed by atoms with van der Waals surface area (Å²) in [6, 6.07) is 0.594. The summed E-state index contributed by atoms with van der Waals surface area (Å²) in [6.07, 6.45) is 24.0. The van der Waals surface area contributed by atoms with Gasteiger partial charge in [-0.1, -0.05) is 81.9 Å². The fourth-order valence-corrected chi connectivity index (χ4v) is 4.39. The number of rotatable bonds is 4. The van der Waals surface area contributed by atoms with Gasteiger partial charge >= 0.3 is 0 Å². The van der Waals surface area contributed by atoms with Gasteiger partial charge in [0.05, 0.1) is 0 Å². The van der Waals surface area contributed by atoms with Gasteiger partial charge in [0.2, 0.25) is 0 Å². The Morgan fingerprint density at radius 2 is 1.14 bits per heavy atom. The smallest absolute Gasteiger partial charge is 0.251 e. The number of hydrogen-bond acceptors (Lipinski definition) is 2. The Balaban J connectivity index is 1.66. The quantitative estimate of drug-likeness (QED) is 0.711. The van der Waals surface area contributed by atoms with Gasteiger partial charge in [-0.05, 0) is 38.0 Å². The molecule has 3 aliphatic rings. The lowest BCUT2D eigenvalue weighted by Gasteiger charge is -2.23. The molecule has 2 saturated carbocycles. The summed E-state index contributed by atoms with van der Waals surface area (Å²) in [5.41, 5.74) is 1.39. The van der Waals surface area contributed by atoms with Crippen molar-refractivity contribution in [2.45, 2.75) is 89.6 Å². The Labute approximate surface area is 175 Å². The summed E-state index contributed by atoms with van der Waals surface area (Å²) in [4.78, 5) is 25.5. The van der Waals surface area contributed by atoms with Gasteiger partial charge in [-0.2, -0.15) is 0 Å². The molecule has 4 heteroatoms. The van der Waals surface area contributed by atoms with Crippen LogP contribution in [0.3, 0.4) is 0 Å². The molecule has 0 heterocycles. The highest BCUT2D eigenvalue weighted by atomic mass is 16.2. The first-order chi connectivity index (χ1) is 14.1. The van der Waals surface area contributed by atoms with Crippen molar-refractivity contribution in [3.63, 3.8) is 0 Å². The van der Waals surface area contributed by atoms with Crippen LogP contribution >= 0.6 is 0 Å². The molecule has 0 unspecified atom stereocenters. The fraction of sp³-hybridized carbons (Fsp3) is 0.600. The highest BCUT2D eigenvalue weighted by molar-refractivity contribution is 5.97. The monoisotopic (exact) mass is 396 g/mol. The average Bonchev–Trinajstić information content (AvgIpc) is 2.74. The van der Waals surface area contributed by atoms with Crippen molar-refractivity contribution in [1.29, 1.82) is 0 Å². The van der Waals surface area contributed by atoms with Gasteiger partial charge in [0, 0.05) is 23.2 Å². The number of carbonyl (C=O) groups is 2. The van der Waals surface area contributed by atoms with E-state index in [0.717, 1.165) is 25.7 Å². The molecule has 0 atom stereocenters. The molecule has 158 valence electrons. The van der Waals surface area contributed by atoms with E-state index in [1.165, 1.54) is 38.5 Å². The van der Waals surface area contributed by atoms with Crippen LogP contribution in [0.1, 0.15) is 77.6 Å². The standard InChI is InChI=1S/C25H36N2O2/c1-19-15-17-20(24(28)26-22-11-4-2-5-12-22)9-8-10-21(18-16-19)25(29)27-23-13-6-3-7-14-23/h9-10,15-19,22-23H,2-8,11-14H2,1H3,(H,26,28)(H,27,29)/b17-15-,18-16-,20-9+,21-10+. The van der Waals surface area contributed by atoms with Crippen molar-refractivity contribution in [3.05, 3.63) is 47.6 Å². The summed E-state index contributed by atoms with van der Waals surface area (Å²) in [5, 5.41) is 6.40. The van der Waals surface area contributed by atoms with Crippen LogP contribution in [-0.4, -0.2) is 23.9 Å². The lowest BCUT2D eigenvalue weighted by molar-refractivity contribution is -0.118. The first kappa shape index (κ1) is 21.6. The summed E-state index contributed by atoms with van der Waals surface area (Å²) < 4.78 is 0. The van der Waals surface area contributed by atoms with Crippen molar-refractivity contribution in [2.75, 3.05) is 0 Å². The maximum atomic E-state index is 12.8. The largest absolute Gasteiger partial charge is 0.349 e. The second-order valence-corrected chi connectivity index (χ2v) is 8.75. The summed E-state index contributed by atoms with van der Waals surface area (Å²) in [7, 11) is 0. The second kappa shape index (κ2) is 11.2. The van der Waals surface area contributed by atoms with Crippen LogP contribution in [0.25, 0.3) is 0 Å². The molecule has 2 fully saturated rings. The summed E-state index contributed by atoms with van der Waals surface area (Å²) in [6.45, 7) is 2.07. The number of hydrogen-bond donors (Lipinski definition) is 2. The van der Waals surface area contributed by atoms with Crippen LogP contribution in [0.2, 0.25) is 0 Å². The predicted octanol–water partition coefficient (Wildman–Crippen LogP) is 4.89. The van der Waals surface area contributed by atoms with Crippen LogP contribution in [0.4, 0.5) is 0 Å². The first-order valence-corrected chi connectivity index (χ1v) is 11.5. The third-order valence-electron chi connectivity index (χ3n) is 6.24. The normalized spacial score (nSPS) is 30.2. The SMILES string of the molecule is CC1/C=C\C(C(=O)NC2CCCCC2)=C/C/C=C(C(=O)NC2CCCCC2)\C=C/1. The van der Waals surface area contributed by atoms with Gasteiger partial charge in [0.15, 0.2) is 0 Å². The van der Waals surface area contributed by atoms with Gasteiger partial charge in [0.1, 0.15) is 0 Å². The molecule has 0 radical (unpaired) electrons. The fourth-order valence-electron chi connectivity index (χ4n) is 4.39. The molecule has 2 N–H and O–H groups in total. The highest BCUT2D eigenvalue weighted by Gasteiger charge is 2.19. The van der Waals surface area contributed by atoms with Crippen molar-refractivity contribution in [2.24, 2.45) is 5.92 Å². The molecule has 0 spiro atoms. The van der Waals surface area contributed by atoms with E-state index in [0.29, 0.717) is 29.7 Å². The zero-order chi connectivity index (χ0) is 20.5. The molecule has 0 aromatic heterocycles.